The van der Waals surface area contributed by atoms with Gasteiger partial charge in [0.2, 0.25) is 0 Å². The van der Waals surface area contributed by atoms with Crippen molar-refractivity contribution in [1.29, 1.82) is 0 Å². The van der Waals surface area contributed by atoms with Gasteiger partial charge in [0.25, 0.3) is 5.91 Å². The van der Waals surface area contributed by atoms with Gasteiger partial charge in [-0.1, -0.05) is 0 Å². The molecule has 0 spiro atoms. The second kappa shape index (κ2) is 7.47. The summed E-state index contributed by atoms with van der Waals surface area (Å²) in [5.41, 5.74) is 1.98. The smallest absolute Gasteiger partial charge is 0.340 e. The maximum absolute atomic E-state index is 12.0. The van der Waals surface area contributed by atoms with Crippen LogP contribution in [0.5, 0.6) is 0 Å². The number of amides is 1. The molecule has 1 amide bonds. The van der Waals surface area contributed by atoms with Gasteiger partial charge in [-0.2, -0.15) is 5.10 Å². The molecule has 27 heavy (non-hydrogen) atoms. The van der Waals surface area contributed by atoms with E-state index in [9.17, 15) is 18.0 Å². The van der Waals surface area contributed by atoms with Gasteiger partial charge in [0.1, 0.15) is 0 Å². The molecule has 1 unspecified atom stereocenters. The van der Waals surface area contributed by atoms with E-state index >= 15 is 0 Å². The molecule has 9 nitrogen and oxygen atoms in total. The number of ether oxygens (including phenoxy) is 1. The zero-order valence-electron chi connectivity index (χ0n) is 15.0. The molecule has 144 valence electrons. The minimum atomic E-state index is -3.08. The van der Waals surface area contributed by atoms with Crippen LogP contribution in [0.2, 0.25) is 0 Å². The standard InChI is InChI=1S/C17H20N4O5S/c1-11-7-12(2)21(20-11)15-4-3-13(8-18-15)17(23)26-9-16(22)19-14-5-6-27(24,25)10-14/h3-4,7-8,14H,5-6,9-10H2,1-2H3,(H,19,22). The number of aromatic nitrogens is 3. The molecule has 1 N–H and O–H groups in total. The Morgan fingerprint density at radius 3 is 2.67 bits per heavy atom. The van der Waals surface area contributed by atoms with Crippen LogP contribution in [0.3, 0.4) is 0 Å². The fourth-order valence-corrected chi connectivity index (χ4v) is 4.56. The van der Waals surface area contributed by atoms with Gasteiger partial charge in [-0.25, -0.2) is 22.9 Å². The minimum Gasteiger partial charge on any atom is -0.452 e. The molecule has 3 heterocycles. The number of hydrogen-bond donors (Lipinski definition) is 1. The molecule has 1 aliphatic rings. The molecular weight excluding hydrogens is 372 g/mol. The van der Waals surface area contributed by atoms with Crippen LogP contribution in [0, 0.1) is 13.8 Å². The number of nitrogens with zero attached hydrogens (tertiary/aromatic N) is 3. The van der Waals surface area contributed by atoms with E-state index in [4.69, 9.17) is 4.74 Å². The second-order valence-electron chi connectivity index (χ2n) is 6.49. The number of esters is 1. The molecule has 2 aromatic heterocycles. The Kier molecular flexibility index (Phi) is 5.26. The Labute approximate surface area is 156 Å². The van der Waals surface area contributed by atoms with Crippen LogP contribution < -0.4 is 5.32 Å². The summed E-state index contributed by atoms with van der Waals surface area (Å²) in [5, 5.41) is 6.87. The third kappa shape index (κ3) is 4.70. The number of pyridine rings is 1. The van der Waals surface area contributed by atoms with Crippen LogP contribution in [-0.4, -0.2) is 59.2 Å². The lowest BCUT2D eigenvalue weighted by Crippen LogP contribution is -2.38. The topological polar surface area (TPSA) is 120 Å². The molecular formula is C17H20N4O5S. The summed E-state index contributed by atoms with van der Waals surface area (Å²) in [4.78, 5) is 28.1. The number of hydrogen-bond acceptors (Lipinski definition) is 7. The maximum atomic E-state index is 12.0. The highest BCUT2D eigenvalue weighted by atomic mass is 32.2. The molecule has 0 radical (unpaired) electrons. The van der Waals surface area contributed by atoms with Crippen molar-refractivity contribution in [3.8, 4) is 5.82 Å². The third-order valence-electron chi connectivity index (χ3n) is 4.14. The summed E-state index contributed by atoms with van der Waals surface area (Å²) >= 11 is 0. The van der Waals surface area contributed by atoms with Crippen molar-refractivity contribution >= 4 is 21.7 Å². The van der Waals surface area contributed by atoms with Gasteiger partial charge in [0.15, 0.2) is 22.3 Å². The van der Waals surface area contributed by atoms with Crippen LogP contribution in [0.25, 0.3) is 5.82 Å². The van der Waals surface area contributed by atoms with Gasteiger partial charge in [-0.3, -0.25) is 4.79 Å². The van der Waals surface area contributed by atoms with Gasteiger partial charge in [-0.05, 0) is 38.5 Å². The molecule has 1 saturated heterocycles. The number of rotatable bonds is 5. The molecule has 0 bridgehead atoms. The third-order valence-corrected chi connectivity index (χ3v) is 5.91. The zero-order chi connectivity index (χ0) is 19.6. The Balaban J connectivity index is 1.54. The highest BCUT2D eigenvalue weighted by molar-refractivity contribution is 7.91. The molecule has 2 aromatic rings. The number of sulfone groups is 1. The van der Waals surface area contributed by atoms with Gasteiger partial charge in [-0.15, -0.1) is 0 Å². The van der Waals surface area contributed by atoms with Crippen molar-refractivity contribution in [1.82, 2.24) is 20.1 Å². The summed E-state index contributed by atoms with van der Waals surface area (Å²) in [6.45, 7) is 3.30. The van der Waals surface area contributed by atoms with Crippen molar-refractivity contribution in [3.05, 3.63) is 41.3 Å². The van der Waals surface area contributed by atoms with Crippen molar-refractivity contribution in [2.75, 3.05) is 18.1 Å². The second-order valence-corrected chi connectivity index (χ2v) is 8.72. The molecule has 0 saturated carbocycles. The molecule has 0 aromatic carbocycles. The summed E-state index contributed by atoms with van der Waals surface area (Å²) in [7, 11) is -3.08. The SMILES string of the molecule is Cc1cc(C)n(-c2ccc(C(=O)OCC(=O)NC3CCS(=O)(=O)C3)cn2)n1. The summed E-state index contributed by atoms with van der Waals surface area (Å²) in [6, 6.07) is 4.67. The Morgan fingerprint density at radius 1 is 1.33 bits per heavy atom. The van der Waals surface area contributed by atoms with Crippen LogP contribution in [-0.2, 0) is 19.4 Å². The van der Waals surface area contributed by atoms with Crippen molar-refractivity contribution in [2.45, 2.75) is 26.3 Å². The van der Waals surface area contributed by atoms with Crippen LogP contribution in [0.4, 0.5) is 0 Å². The largest absolute Gasteiger partial charge is 0.452 e. The van der Waals surface area contributed by atoms with Crippen LogP contribution >= 0.6 is 0 Å². The predicted octanol–water partition coefficient (Wildman–Crippen LogP) is 0.344. The van der Waals surface area contributed by atoms with E-state index in [1.807, 2.05) is 19.9 Å². The first kappa shape index (κ1) is 19.0. The van der Waals surface area contributed by atoms with Crippen molar-refractivity contribution in [2.24, 2.45) is 0 Å². The van der Waals surface area contributed by atoms with E-state index in [2.05, 4.69) is 15.4 Å². The average Bonchev–Trinajstić information content (AvgIpc) is 3.13. The zero-order valence-corrected chi connectivity index (χ0v) is 15.8. The van der Waals surface area contributed by atoms with Gasteiger partial charge < -0.3 is 10.1 Å². The molecule has 1 aliphatic heterocycles. The quantitative estimate of drug-likeness (QED) is 0.729. The van der Waals surface area contributed by atoms with E-state index in [1.165, 1.54) is 6.20 Å². The fraction of sp³-hybridized carbons (Fsp3) is 0.412. The Hall–Kier alpha value is -2.75. The van der Waals surface area contributed by atoms with Gasteiger partial charge in [0, 0.05) is 17.9 Å². The predicted molar refractivity (Wildman–Crippen MR) is 96.3 cm³/mol. The van der Waals surface area contributed by atoms with Crippen LogP contribution in [0.15, 0.2) is 24.4 Å². The highest BCUT2D eigenvalue weighted by Gasteiger charge is 2.29. The lowest BCUT2D eigenvalue weighted by atomic mass is 10.2. The molecule has 10 heteroatoms. The number of carbonyl (C=O) groups is 2. The summed E-state index contributed by atoms with van der Waals surface area (Å²) < 4.78 is 29.4. The lowest BCUT2D eigenvalue weighted by Gasteiger charge is -2.11. The lowest BCUT2D eigenvalue weighted by molar-refractivity contribution is -0.124. The number of carbonyl (C=O) groups excluding carboxylic acids is 2. The van der Waals surface area contributed by atoms with E-state index in [-0.39, 0.29) is 17.1 Å². The molecule has 1 fully saturated rings. The average molecular weight is 392 g/mol. The molecule has 0 aliphatic carbocycles. The highest BCUT2D eigenvalue weighted by Crippen LogP contribution is 2.12. The normalized spacial score (nSPS) is 18.2. The first-order valence-corrected chi connectivity index (χ1v) is 10.2. The van der Waals surface area contributed by atoms with Gasteiger partial charge in [0.05, 0.1) is 22.8 Å². The minimum absolute atomic E-state index is 0.0605. The van der Waals surface area contributed by atoms with E-state index in [0.29, 0.717) is 12.2 Å². The first-order chi connectivity index (χ1) is 12.7. The Bertz CT molecular complexity index is 966. The van der Waals surface area contributed by atoms with Crippen LogP contribution in [0.1, 0.15) is 28.2 Å². The maximum Gasteiger partial charge on any atom is 0.340 e. The fourth-order valence-electron chi connectivity index (χ4n) is 2.89. The van der Waals surface area contributed by atoms with Gasteiger partial charge >= 0.3 is 5.97 Å². The monoisotopic (exact) mass is 392 g/mol. The van der Waals surface area contributed by atoms with Crippen molar-refractivity contribution in [3.63, 3.8) is 0 Å². The number of aryl methyl sites for hydroxylation is 2. The first-order valence-electron chi connectivity index (χ1n) is 8.40. The molecule has 1 atom stereocenters. The van der Waals surface area contributed by atoms with E-state index < -0.39 is 34.4 Å². The summed E-state index contributed by atoms with van der Waals surface area (Å²) in [6.07, 6.45) is 1.73. The molecule has 3 rings (SSSR count). The van der Waals surface area contributed by atoms with E-state index in [1.54, 1.807) is 16.8 Å². The summed E-state index contributed by atoms with van der Waals surface area (Å²) in [5.74, 6) is -0.665. The number of nitrogens with one attached hydrogen (secondary N) is 1. The Morgan fingerprint density at radius 2 is 2.11 bits per heavy atom. The van der Waals surface area contributed by atoms with E-state index in [0.717, 1.165) is 11.4 Å². The van der Waals surface area contributed by atoms with Crippen molar-refractivity contribution < 1.29 is 22.7 Å².